The molecule has 2 aromatic heterocycles. The van der Waals surface area contributed by atoms with Crippen molar-refractivity contribution in [2.24, 2.45) is 0 Å². The number of aryl methyl sites for hydroxylation is 4. The maximum atomic E-state index is 12.8. The molecule has 0 aliphatic carbocycles. The van der Waals surface area contributed by atoms with Crippen LogP contribution in [-0.4, -0.2) is 27.7 Å². The number of aromatic nitrogens is 2. The van der Waals surface area contributed by atoms with Gasteiger partial charge in [-0.2, -0.15) is 0 Å². The summed E-state index contributed by atoms with van der Waals surface area (Å²) in [6.07, 6.45) is 1.75. The van der Waals surface area contributed by atoms with Crippen molar-refractivity contribution in [2.45, 2.75) is 53.5 Å². The number of carbonyl (C=O) groups is 1. The highest BCUT2D eigenvalue weighted by Gasteiger charge is 2.27. The molecule has 29 heavy (non-hydrogen) atoms. The van der Waals surface area contributed by atoms with Crippen LogP contribution in [0, 0.1) is 27.7 Å². The summed E-state index contributed by atoms with van der Waals surface area (Å²) in [4.78, 5) is 14.7. The second-order valence-electron chi connectivity index (χ2n) is 7.69. The smallest absolute Gasteiger partial charge is 0.223 e. The third kappa shape index (κ3) is 3.77. The van der Waals surface area contributed by atoms with Gasteiger partial charge in [-0.25, -0.2) is 0 Å². The first-order valence-corrected chi connectivity index (χ1v) is 9.94. The summed E-state index contributed by atoms with van der Waals surface area (Å²) in [6, 6.07) is 6.16. The molecular weight excluding hydrogens is 368 g/mol. The summed E-state index contributed by atoms with van der Waals surface area (Å²) < 4.78 is 10.7. The second-order valence-corrected chi connectivity index (χ2v) is 7.69. The van der Waals surface area contributed by atoms with Gasteiger partial charge in [-0.3, -0.25) is 4.79 Å². The van der Waals surface area contributed by atoms with E-state index in [9.17, 15) is 4.79 Å². The van der Waals surface area contributed by atoms with Crippen molar-refractivity contribution >= 4 is 17.4 Å². The molecule has 0 saturated carbocycles. The molecule has 152 valence electrons. The average Bonchev–Trinajstić information content (AvgIpc) is 3.25. The highest BCUT2D eigenvalue weighted by molar-refractivity contribution is 5.77. The minimum Gasteiger partial charge on any atom is -0.361 e. The monoisotopic (exact) mass is 394 g/mol. The van der Waals surface area contributed by atoms with E-state index in [1.165, 1.54) is 0 Å². The number of fused-ring (bicyclic) bond motifs is 1. The van der Waals surface area contributed by atoms with E-state index < -0.39 is 0 Å². The number of para-hydroxylation sites is 1. The van der Waals surface area contributed by atoms with Crippen molar-refractivity contribution in [3.8, 4) is 0 Å². The Balaban J connectivity index is 1.47. The summed E-state index contributed by atoms with van der Waals surface area (Å²) in [5.41, 5.74) is 6.17. The molecule has 1 aromatic carbocycles. The van der Waals surface area contributed by atoms with Crippen molar-refractivity contribution < 1.29 is 13.8 Å². The zero-order valence-electron chi connectivity index (χ0n) is 17.3. The van der Waals surface area contributed by atoms with Gasteiger partial charge >= 0.3 is 0 Å². The molecule has 1 aliphatic heterocycles. The Kier molecular flexibility index (Phi) is 5.13. The van der Waals surface area contributed by atoms with Gasteiger partial charge in [0, 0.05) is 30.6 Å². The second kappa shape index (κ2) is 7.73. The molecule has 3 heterocycles. The number of amides is 1. The van der Waals surface area contributed by atoms with Crippen LogP contribution in [0.15, 0.2) is 27.2 Å². The predicted molar refractivity (Wildman–Crippen MR) is 109 cm³/mol. The number of nitrogens with one attached hydrogen (secondary N) is 1. The third-order valence-corrected chi connectivity index (χ3v) is 5.67. The Bertz CT molecular complexity index is 1010. The molecule has 7 nitrogen and oxygen atoms in total. The van der Waals surface area contributed by atoms with Crippen molar-refractivity contribution in [3.05, 3.63) is 57.7 Å². The highest BCUT2D eigenvalue weighted by Crippen LogP contribution is 2.31. The Morgan fingerprint density at radius 2 is 1.90 bits per heavy atom. The number of hydrogen-bond acceptors (Lipinski definition) is 6. The van der Waals surface area contributed by atoms with Crippen LogP contribution in [0.4, 0.5) is 11.5 Å². The van der Waals surface area contributed by atoms with Gasteiger partial charge in [-0.1, -0.05) is 28.5 Å². The van der Waals surface area contributed by atoms with Crippen LogP contribution in [0.25, 0.3) is 0 Å². The zero-order chi connectivity index (χ0) is 20.5. The summed E-state index contributed by atoms with van der Waals surface area (Å²) in [5, 5.41) is 11.6. The largest absolute Gasteiger partial charge is 0.361 e. The molecule has 0 fully saturated rings. The lowest BCUT2D eigenvalue weighted by Gasteiger charge is -2.26. The van der Waals surface area contributed by atoms with Gasteiger partial charge in [-0.15, -0.1) is 0 Å². The number of hydrogen-bond donors (Lipinski definition) is 1. The molecule has 0 atom stereocenters. The maximum absolute atomic E-state index is 12.8. The predicted octanol–water partition coefficient (Wildman–Crippen LogP) is 4.16. The van der Waals surface area contributed by atoms with Gasteiger partial charge in [-0.05, 0) is 45.2 Å². The van der Waals surface area contributed by atoms with Crippen LogP contribution in [0.5, 0.6) is 0 Å². The molecule has 0 saturated heterocycles. The van der Waals surface area contributed by atoms with Crippen LogP contribution in [0.2, 0.25) is 0 Å². The van der Waals surface area contributed by atoms with Gasteiger partial charge in [0.25, 0.3) is 0 Å². The van der Waals surface area contributed by atoms with E-state index in [1.807, 2.05) is 24.8 Å². The molecule has 3 aromatic rings. The fraction of sp³-hybridized carbons (Fsp3) is 0.409. The lowest BCUT2D eigenvalue weighted by Crippen LogP contribution is -2.35. The maximum Gasteiger partial charge on any atom is 0.223 e. The number of rotatable bonds is 5. The fourth-order valence-corrected chi connectivity index (χ4v) is 3.90. The van der Waals surface area contributed by atoms with Gasteiger partial charge in [0.1, 0.15) is 11.5 Å². The van der Waals surface area contributed by atoms with E-state index in [2.05, 4.69) is 41.6 Å². The molecule has 0 spiro atoms. The minimum absolute atomic E-state index is 0.120. The van der Waals surface area contributed by atoms with E-state index in [-0.39, 0.29) is 5.91 Å². The summed E-state index contributed by atoms with van der Waals surface area (Å²) in [6.45, 7) is 9.07. The topological polar surface area (TPSA) is 84.4 Å². The number of nitrogens with zero attached hydrogens (tertiary/aromatic N) is 3. The number of anilines is 2. The quantitative estimate of drug-likeness (QED) is 0.700. The van der Waals surface area contributed by atoms with Gasteiger partial charge in [0.05, 0.1) is 17.8 Å². The molecule has 4 rings (SSSR count). The molecular formula is C22H26N4O3. The average molecular weight is 394 g/mol. The zero-order valence-corrected chi connectivity index (χ0v) is 17.3. The lowest BCUT2D eigenvalue weighted by molar-refractivity contribution is -0.132. The van der Waals surface area contributed by atoms with Crippen molar-refractivity contribution in [2.75, 3.05) is 11.9 Å². The standard InChI is InChI=1S/C22H26N4O3/c1-13-6-5-7-14(2)21(13)23-22-18-12-26(11-10-19(18)29-25-22)20(27)9-8-17-15(3)24-28-16(17)4/h5-7H,8-12H2,1-4H3,(H,23,25). The molecule has 0 unspecified atom stereocenters. The first-order chi connectivity index (χ1) is 13.9. The number of benzene rings is 1. The molecule has 0 radical (unpaired) electrons. The summed E-state index contributed by atoms with van der Waals surface area (Å²) in [5.74, 6) is 2.46. The van der Waals surface area contributed by atoms with Gasteiger partial charge < -0.3 is 19.3 Å². The van der Waals surface area contributed by atoms with Gasteiger partial charge in [0.15, 0.2) is 5.82 Å². The van der Waals surface area contributed by atoms with Crippen LogP contribution in [-0.2, 0) is 24.2 Å². The Hall–Kier alpha value is -3.09. The third-order valence-electron chi connectivity index (χ3n) is 5.67. The molecule has 7 heteroatoms. The van der Waals surface area contributed by atoms with Crippen LogP contribution >= 0.6 is 0 Å². The normalized spacial score (nSPS) is 13.4. The van der Waals surface area contributed by atoms with E-state index >= 15 is 0 Å². The van der Waals surface area contributed by atoms with Crippen molar-refractivity contribution in [3.63, 3.8) is 0 Å². The van der Waals surface area contributed by atoms with Crippen LogP contribution in [0.1, 0.15) is 45.9 Å². The molecule has 1 amide bonds. The van der Waals surface area contributed by atoms with Crippen molar-refractivity contribution in [1.29, 1.82) is 0 Å². The first kappa shape index (κ1) is 19.2. The van der Waals surface area contributed by atoms with Crippen LogP contribution in [0.3, 0.4) is 0 Å². The summed E-state index contributed by atoms with van der Waals surface area (Å²) in [7, 11) is 0. The summed E-state index contributed by atoms with van der Waals surface area (Å²) >= 11 is 0. The molecule has 1 N–H and O–H groups in total. The van der Waals surface area contributed by atoms with Gasteiger partial charge in [0.2, 0.25) is 5.91 Å². The van der Waals surface area contributed by atoms with Crippen LogP contribution < -0.4 is 5.32 Å². The SMILES string of the molecule is Cc1cccc(C)c1Nc1noc2c1CN(C(=O)CCc1c(C)noc1C)CC2. The Morgan fingerprint density at radius 3 is 2.59 bits per heavy atom. The van der Waals surface area contributed by atoms with E-state index in [4.69, 9.17) is 9.05 Å². The first-order valence-electron chi connectivity index (χ1n) is 9.94. The fourth-order valence-electron chi connectivity index (χ4n) is 3.90. The van der Waals surface area contributed by atoms with Crippen molar-refractivity contribution in [1.82, 2.24) is 15.2 Å². The molecule has 1 aliphatic rings. The van der Waals surface area contributed by atoms with E-state index in [0.717, 1.165) is 45.2 Å². The Morgan fingerprint density at radius 1 is 1.14 bits per heavy atom. The number of carbonyl (C=O) groups excluding carboxylic acids is 1. The highest BCUT2D eigenvalue weighted by atomic mass is 16.5. The van der Waals surface area contributed by atoms with E-state index in [1.54, 1.807) is 0 Å². The van der Waals surface area contributed by atoms with E-state index in [0.29, 0.717) is 38.2 Å². The lowest BCUT2D eigenvalue weighted by atomic mass is 10.0. The molecule has 0 bridgehead atoms. The minimum atomic E-state index is 0.120. The Labute approximate surface area is 170 Å².